The standard InChI is InChI=1S/C14H20BrNO/c1-17-14-7-2-4-12(10-14)11-16(9-8-15)13-5-3-6-13/h2,4,7,10,13H,3,5-6,8-9,11H2,1H3. The minimum absolute atomic E-state index is 0.791. The van der Waals surface area contributed by atoms with Gasteiger partial charge in [0.2, 0.25) is 0 Å². The van der Waals surface area contributed by atoms with Crippen LogP contribution in [0.15, 0.2) is 24.3 Å². The van der Waals surface area contributed by atoms with Crippen molar-refractivity contribution in [2.45, 2.75) is 31.8 Å². The maximum absolute atomic E-state index is 5.27. The number of nitrogens with zero attached hydrogens (tertiary/aromatic N) is 1. The zero-order valence-electron chi connectivity index (χ0n) is 10.4. The van der Waals surface area contributed by atoms with Gasteiger partial charge >= 0.3 is 0 Å². The van der Waals surface area contributed by atoms with Gasteiger partial charge in [-0.2, -0.15) is 0 Å². The Bertz CT molecular complexity index is 352. The second-order valence-electron chi connectivity index (χ2n) is 4.60. The van der Waals surface area contributed by atoms with E-state index in [2.05, 4.69) is 39.0 Å². The fourth-order valence-corrected chi connectivity index (χ4v) is 2.71. The van der Waals surface area contributed by atoms with Crippen molar-refractivity contribution >= 4 is 15.9 Å². The van der Waals surface area contributed by atoms with E-state index in [4.69, 9.17) is 4.74 Å². The summed E-state index contributed by atoms with van der Waals surface area (Å²) in [5, 5.41) is 1.05. The molecule has 1 aliphatic carbocycles. The highest BCUT2D eigenvalue weighted by atomic mass is 79.9. The molecule has 17 heavy (non-hydrogen) atoms. The highest BCUT2D eigenvalue weighted by molar-refractivity contribution is 9.09. The lowest BCUT2D eigenvalue weighted by molar-refractivity contribution is 0.128. The number of hydrogen-bond donors (Lipinski definition) is 0. The number of ether oxygens (including phenoxy) is 1. The quantitative estimate of drug-likeness (QED) is 0.746. The molecule has 2 rings (SSSR count). The second-order valence-corrected chi connectivity index (χ2v) is 5.39. The van der Waals surface area contributed by atoms with Crippen molar-refractivity contribution in [3.05, 3.63) is 29.8 Å². The lowest BCUT2D eigenvalue weighted by Gasteiger charge is -2.37. The minimum atomic E-state index is 0.791. The Morgan fingerprint density at radius 1 is 1.41 bits per heavy atom. The largest absolute Gasteiger partial charge is 0.497 e. The van der Waals surface area contributed by atoms with Crippen LogP contribution in [0.3, 0.4) is 0 Å². The molecule has 1 aromatic rings. The van der Waals surface area contributed by atoms with Crippen molar-refractivity contribution in [1.82, 2.24) is 4.90 Å². The minimum Gasteiger partial charge on any atom is -0.497 e. The van der Waals surface area contributed by atoms with E-state index in [1.165, 1.54) is 24.8 Å². The van der Waals surface area contributed by atoms with Crippen molar-refractivity contribution < 1.29 is 4.74 Å². The van der Waals surface area contributed by atoms with E-state index >= 15 is 0 Å². The maximum atomic E-state index is 5.27. The first-order valence-corrected chi connectivity index (χ1v) is 7.38. The molecule has 0 aliphatic heterocycles. The van der Waals surface area contributed by atoms with Crippen LogP contribution in [-0.2, 0) is 6.54 Å². The zero-order chi connectivity index (χ0) is 12.1. The van der Waals surface area contributed by atoms with Crippen LogP contribution >= 0.6 is 15.9 Å². The summed E-state index contributed by atoms with van der Waals surface area (Å²) >= 11 is 3.55. The van der Waals surface area contributed by atoms with Crippen LogP contribution in [-0.4, -0.2) is 29.9 Å². The van der Waals surface area contributed by atoms with Gasteiger partial charge in [0.25, 0.3) is 0 Å². The van der Waals surface area contributed by atoms with E-state index in [1.54, 1.807) is 7.11 Å². The first-order valence-electron chi connectivity index (χ1n) is 6.26. The third-order valence-corrected chi connectivity index (χ3v) is 3.84. The molecule has 0 radical (unpaired) electrons. The Hall–Kier alpha value is -0.540. The van der Waals surface area contributed by atoms with E-state index in [1.807, 2.05) is 6.07 Å². The van der Waals surface area contributed by atoms with Crippen molar-refractivity contribution in [1.29, 1.82) is 0 Å². The van der Waals surface area contributed by atoms with Gasteiger partial charge in [0, 0.05) is 24.5 Å². The van der Waals surface area contributed by atoms with Crippen LogP contribution in [0, 0.1) is 0 Å². The Balaban J connectivity index is 2.00. The molecule has 0 heterocycles. The average Bonchev–Trinajstić information content (AvgIpc) is 2.27. The molecular formula is C14H20BrNO. The van der Waals surface area contributed by atoms with Crippen LogP contribution in [0.2, 0.25) is 0 Å². The van der Waals surface area contributed by atoms with Gasteiger partial charge in [-0.3, -0.25) is 4.90 Å². The van der Waals surface area contributed by atoms with Gasteiger partial charge in [-0.25, -0.2) is 0 Å². The number of hydrogen-bond acceptors (Lipinski definition) is 2. The molecule has 0 unspecified atom stereocenters. The predicted molar refractivity (Wildman–Crippen MR) is 74.8 cm³/mol. The van der Waals surface area contributed by atoms with E-state index in [0.717, 1.165) is 30.2 Å². The highest BCUT2D eigenvalue weighted by Crippen LogP contribution is 2.26. The number of benzene rings is 1. The number of rotatable bonds is 6. The van der Waals surface area contributed by atoms with Gasteiger partial charge in [-0.15, -0.1) is 0 Å². The van der Waals surface area contributed by atoms with E-state index in [-0.39, 0.29) is 0 Å². The zero-order valence-corrected chi connectivity index (χ0v) is 11.9. The summed E-state index contributed by atoms with van der Waals surface area (Å²) in [6.45, 7) is 2.16. The average molecular weight is 298 g/mol. The molecule has 3 heteroatoms. The number of alkyl halides is 1. The topological polar surface area (TPSA) is 12.5 Å². The molecule has 0 atom stereocenters. The molecule has 2 nitrogen and oxygen atoms in total. The number of halogens is 1. The van der Waals surface area contributed by atoms with Crippen LogP contribution in [0.1, 0.15) is 24.8 Å². The van der Waals surface area contributed by atoms with Gasteiger partial charge < -0.3 is 4.74 Å². The summed E-state index contributed by atoms with van der Waals surface area (Å²) in [6.07, 6.45) is 4.11. The molecule has 0 bridgehead atoms. The number of methoxy groups -OCH3 is 1. The van der Waals surface area contributed by atoms with E-state index in [9.17, 15) is 0 Å². The van der Waals surface area contributed by atoms with Crippen LogP contribution < -0.4 is 4.74 Å². The SMILES string of the molecule is COc1cccc(CN(CCBr)C2CCC2)c1. The lowest BCUT2D eigenvalue weighted by Crippen LogP contribution is -2.40. The molecule has 0 N–H and O–H groups in total. The Labute approximate surface area is 112 Å². The molecule has 1 aliphatic rings. The Morgan fingerprint density at radius 2 is 2.24 bits per heavy atom. The fraction of sp³-hybridized carbons (Fsp3) is 0.571. The molecule has 0 aromatic heterocycles. The van der Waals surface area contributed by atoms with Gasteiger partial charge in [-0.05, 0) is 30.5 Å². The maximum Gasteiger partial charge on any atom is 0.119 e. The van der Waals surface area contributed by atoms with Crippen molar-refractivity contribution in [3.8, 4) is 5.75 Å². The smallest absolute Gasteiger partial charge is 0.119 e. The molecule has 0 amide bonds. The summed E-state index contributed by atoms with van der Waals surface area (Å²) in [5.41, 5.74) is 1.34. The van der Waals surface area contributed by atoms with E-state index in [0.29, 0.717) is 0 Å². The molecule has 1 fully saturated rings. The fourth-order valence-electron chi connectivity index (χ4n) is 2.26. The highest BCUT2D eigenvalue weighted by Gasteiger charge is 2.24. The molecule has 1 aromatic carbocycles. The summed E-state index contributed by atoms with van der Waals surface area (Å²) < 4.78 is 5.27. The van der Waals surface area contributed by atoms with Crippen LogP contribution in [0.5, 0.6) is 5.75 Å². The summed E-state index contributed by atoms with van der Waals surface area (Å²) in [6, 6.07) is 9.18. The Kier molecular flexibility index (Phi) is 4.86. The third kappa shape index (κ3) is 3.46. The summed E-state index contributed by atoms with van der Waals surface area (Å²) in [4.78, 5) is 2.58. The summed E-state index contributed by atoms with van der Waals surface area (Å²) in [5.74, 6) is 0.954. The molecular weight excluding hydrogens is 278 g/mol. The van der Waals surface area contributed by atoms with Crippen LogP contribution in [0.4, 0.5) is 0 Å². The first kappa shape index (κ1) is 12.9. The Morgan fingerprint density at radius 3 is 2.82 bits per heavy atom. The van der Waals surface area contributed by atoms with E-state index < -0.39 is 0 Å². The van der Waals surface area contributed by atoms with Crippen LogP contribution in [0.25, 0.3) is 0 Å². The second kappa shape index (κ2) is 6.41. The van der Waals surface area contributed by atoms with Gasteiger partial charge in [0.15, 0.2) is 0 Å². The van der Waals surface area contributed by atoms with Crippen molar-refractivity contribution in [3.63, 3.8) is 0 Å². The summed E-state index contributed by atoms with van der Waals surface area (Å²) in [7, 11) is 1.72. The van der Waals surface area contributed by atoms with Crippen molar-refractivity contribution in [2.24, 2.45) is 0 Å². The molecule has 0 saturated heterocycles. The molecule has 94 valence electrons. The van der Waals surface area contributed by atoms with Gasteiger partial charge in [0.1, 0.15) is 5.75 Å². The first-order chi connectivity index (χ1) is 8.33. The monoisotopic (exact) mass is 297 g/mol. The van der Waals surface area contributed by atoms with Crippen molar-refractivity contribution in [2.75, 3.05) is 19.0 Å². The third-order valence-electron chi connectivity index (χ3n) is 3.48. The normalized spacial score (nSPS) is 15.9. The predicted octanol–water partition coefficient (Wildman–Crippen LogP) is 3.44. The molecule has 1 saturated carbocycles. The molecule has 0 spiro atoms. The van der Waals surface area contributed by atoms with Gasteiger partial charge in [-0.1, -0.05) is 34.5 Å². The van der Waals surface area contributed by atoms with Gasteiger partial charge in [0.05, 0.1) is 7.11 Å². The lowest BCUT2D eigenvalue weighted by atomic mass is 9.91.